The quantitative estimate of drug-likeness (QED) is 0.503. The molecule has 0 aliphatic heterocycles. The maximum atomic E-state index is 11.2. The van der Waals surface area contributed by atoms with Gasteiger partial charge in [0.15, 0.2) is 0 Å². The lowest BCUT2D eigenvalue weighted by Crippen LogP contribution is -2.34. The van der Waals surface area contributed by atoms with Crippen LogP contribution in [0.4, 0.5) is 5.69 Å². The number of aromatic nitrogens is 2. The van der Waals surface area contributed by atoms with Gasteiger partial charge in [-0.2, -0.15) is 0 Å². The molecule has 6 heteroatoms. The van der Waals surface area contributed by atoms with Crippen LogP contribution < -0.4 is 10.6 Å². The van der Waals surface area contributed by atoms with E-state index in [4.69, 9.17) is 0 Å². The third-order valence-electron chi connectivity index (χ3n) is 5.30. The number of aliphatic hydroxyl groups is 1. The smallest absolute Gasteiger partial charge is 0.221 e. The highest BCUT2D eigenvalue weighted by Gasteiger charge is 2.17. The summed E-state index contributed by atoms with van der Waals surface area (Å²) in [5.74, 6) is 0.659. The van der Waals surface area contributed by atoms with E-state index in [0.29, 0.717) is 6.04 Å². The molecule has 1 atom stereocenters. The van der Waals surface area contributed by atoms with Crippen LogP contribution in [0.25, 0.3) is 22.4 Å². The third-order valence-corrected chi connectivity index (χ3v) is 5.30. The molecule has 0 spiro atoms. The summed E-state index contributed by atoms with van der Waals surface area (Å²) in [5, 5.41) is 16.6. The summed E-state index contributed by atoms with van der Waals surface area (Å²) in [6.45, 7) is 1.49. The van der Waals surface area contributed by atoms with Crippen molar-refractivity contribution in [1.82, 2.24) is 15.3 Å². The van der Waals surface area contributed by atoms with Crippen LogP contribution in [0.2, 0.25) is 0 Å². The Kier molecular flexibility index (Phi) is 5.41. The van der Waals surface area contributed by atoms with Crippen molar-refractivity contribution < 1.29 is 9.90 Å². The molecule has 4 rings (SSSR count). The molecule has 146 valence electrons. The summed E-state index contributed by atoms with van der Waals surface area (Å²) in [4.78, 5) is 19.2. The van der Waals surface area contributed by atoms with Gasteiger partial charge in [0.25, 0.3) is 0 Å². The number of carbonyl (C=O) groups is 1. The zero-order valence-electron chi connectivity index (χ0n) is 16.0. The molecule has 1 aliphatic carbocycles. The number of benzene rings is 2. The highest BCUT2D eigenvalue weighted by molar-refractivity contribution is 5.92. The van der Waals surface area contributed by atoms with Crippen LogP contribution in [0.5, 0.6) is 0 Å². The molecule has 4 N–H and O–H groups in total. The maximum absolute atomic E-state index is 11.2. The number of H-pyrrole nitrogens is 1. The van der Waals surface area contributed by atoms with Crippen molar-refractivity contribution >= 4 is 22.6 Å². The number of fused-ring (bicyclic) bond motifs is 1. The van der Waals surface area contributed by atoms with Gasteiger partial charge in [-0.15, -0.1) is 0 Å². The Morgan fingerprint density at radius 3 is 2.61 bits per heavy atom. The second-order valence-corrected chi connectivity index (χ2v) is 7.52. The van der Waals surface area contributed by atoms with E-state index in [0.717, 1.165) is 46.5 Å². The van der Waals surface area contributed by atoms with Crippen LogP contribution in [-0.2, 0) is 4.79 Å². The molecule has 2 aromatic carbocycles. The largest absolute Gasteiger partial charge is 0.374 e. The molecule has 1 fully saturated rings. The summed E-state index contributed by atoms with van der Waals surface area (Å²) in [6.07, 6.45) is 5.39. The number of anilines is 1. The predicted molar refractivity (Wildman–Crippen MR) is 111 cm³/mol. The first-order chi connectivity index (χ1) is 13.6. The zero-order valence-corrected chi connectivity index (χ0v) is 16.0. The Bertz CT molecular complexity index is 958. The van der Waals surface area contributed by atoms with Gasteiger partial charge < -0.3 is 15.4 Å². The van der Waals surface area contributed by atoms with Crippen LogP contribution in [0.1, 0.15) is 50.8 Å². The van der Waals surface area contributed by atoms with Gasteiger partial charge in [-0.25, -0.2) is 4.98 Å². The monoisotopic (exact) mass is 378 g/mol. The van der Waals surface area contributed by atoms with E-state index in [1.54, 1.807) is 0 Å². The number of amides is 1. The Labute approximate surface area is 164 Å². The maximum Gasteiger partial charge on any atom is 0.221 e. The lowest BCUT2D eigenvalue weighted by Gasteiger charge is -2.26. The van der Waals surface area contributed by atoms with Gasteiger partial charge in [0.1, 0.15) is 12.1 Å². The number of carbonyl (C=O) groups excluding carboxylic acids is 1. The second-order valence-electron chi connectivity index (χ2n) is 7.52. The van der Waals surface area contributed by atoms with Crippen molar-refractivity contribution in [2.45, 2.75) is 51.3 Å². The fraction of sp³-hybridized carbons (Fsp3) is 0.364. The van der Waals surface area contributed by atoms with Crippen molar-refractivity contribution in [2.75, 3.05) is 5.32 Å². The predicted octanol–water partition coefficient (Wildman–Crippen LogP) is 4.10. The van der Waals surface area contributed by atoms with Crippen molar-refractivity contribution in [3.8, 4) is 11.4 Å². The molecule has 1 aliphatic rings. The minimum atomic E-state index is -0.645. The molecule has 3 aromatic rings. The summed E-state index contributed by atoms with van der Waals surface area (Å²) in [7, 11) is 0. The summed E-state index contributed by atoms with van der Waals surface area (Å²) in [6, 6.07) is 13.8. The van der Waals surface area contributed by atoms with Gasteiger partial charge in [0.2, 0.25) is 5.91 Å². The molecule has 0 bridgehead atoms. The Morgan fingerprint density at radius 2 is 1.89 bits per heavy atom. The fourth-order valence-electron chi connectivity index (χ4n) is 3.84. The zero-order chi connectivity index (χ0) is 19.5. The number of nitrogens with one attached hydrogen (secondary N) is 3. The molecular weight excluding hydrogens is 352 g/mol. The van der Waals surface area contributed by atoms with E-state index in [1.807, 2.05) is 42.5 Å². The average molecular weight is 378 g/mol. The number of aromatic amines is 1. The molecule has 1 heterocycles. The number of aliphatic hydroxyl groups excluding tert-OH is 1. The summed E-state index contributed by atoms with van der Waals surface area (Å²) < 4.78 is 0. The topological polar surface area (TPSA) is 90.0 Å². The molecule has 28 heavy (non-hydrogen) atoms. The lowest BCUT2D eigenvalue weighted by atomic mass is 9.95. The standard InChI is InChI=1S/C22H26N4O2/c1-14(27)23-18-11-12-19-20(13-18)26-21(25-19)15-7-9-16(10-8-15)22(28)24-17-5-3-2-4-6-17/h7-13,17,22,24,28H,2-6H2,1H3,(H,23,27)(H,25,26). The van der Waals surface area contributed by atoms with Crippen molar-refractivity contribution in [2.24, 2.45) is 0 Å². The molecule has 0 saturated heterocycles. The molecule has 0 radical (unpaired) electrons. The fourth-order valence-corrected chi connectivity index (χ4v) is 3.84. The van der Waals surface area contributed by atoms with Gasteiger partial charge in [0, 0.05) is 24.2 Å². The van der Waals surface area contributed by atoms with E-state index in [2.05, 4.69) is 20.6 Å². The average Bonchev–Trinajstić information content (AvgIpc) is 3.12. The third kappa shape index (κ3) is 4.24. The normalized spacial score (nSPS) is 16.2. The van der Waals surface area contributed by atoms with Gasteiger partial charge in [-0.05, 0) is 36.6 Å². The molecule has 1 aromatic heterocycles. The van der Waals surface area contributed by atoms with Crippen molar-refractivity contribution in [3.05, 3.63) is 48.0 Å². The molecule has 1 saturated carbocycles. The number of hydrogen-bond donors (Lipinski definition) is 4. The number of nitrogens with zero attached hydrogens (tertiary/aromatic N) is 1. The number of rotatable bonds is 5. The van der Waals surface area contributed by atoms with Crippen LogP contribution in [0.3, 0.4) is 0 Å². The van der Waals surface area contributed by atoms with Crippen LogP contribution in [-0.4, -0.2) is 27.0 Å². The minimum absolute atomic E-state index is 0.102. The highest BCUT2D eigenvalue weighted by Crippen LogP contribution is 2.25. The van der Waals surface area contributed by atoms with E-state index in [9.17, 15) is 9.90 Å². The molecule has 1 amide bonds. The van der Waals surface area contributed by atoms with Gasteiger partial charge in [0.05, 0.1) is 11.0 Å². The SMILES string of the molecule is CC(=O)Nc1ccc2nc(-c3ccc(C(O)NC4CCCCC4)cc3)[nH]c2c1. The Hall–Kier alpha value is -2.70. The van der Waals surface area contributed by atoms with E-state index >= 15 is 0 Å². The first kappa shape index (κ1) is 18.7. The summed E-state index contributed by atoms with van der Waals surface area (Å²) >= 11 is 0. The van der Waals surface area contributed by atoms with Gasteiger partial charge in [-0.3, -0.25) is 10.1 Å². The van der Waals surface area contributed by atoms with Gasteiger partial charge in [-0.1, -0.05) is 43.5 Å². The first-order valence-electron chi connectivity index (χ1n) is 9.90. The Morgan fingerprint density at radius 1 is 1.14 bits per heavy atom. The van der Waals surface area contributed by atoms with E-state index in [-0.39, 0.29) is 5.91 Å². The molecule has 1 unspecified atom stereocenters. The van der Waals surface area contributed by atoms with Crippen LogP contribution >= 0.6 is 0 Å². The lowest BCUT2D eigenvalue weighted by molar-refractivity contribution is -0.114. The number of imidazole rings is 1. The van der Waals surface area contributed by atoms with Crippen molar-refractivity contribution in [1.29, 1.82) is 0 Å². The van der Waals surface area contributed by atoms with E-state index < -0.39 is 6.23 Å². The van der Waals surface area contributed by atoms with Crippen molar-refractivity contribution in [3.63, 3.8) is 0 Å². The molecule has 6 nitrogen and oxygen atoms in total. The van der Waals surface area contributed by atoms with E-state index in [1.165, 1.54) is 26.2 Å². The highest BCUT2D eigenvalue weighted by atomic mass is 16.3. The molecular formula is C22H26N4O2. The van der Waals surface area contributed by atoms with Crippen LogP contribution in [0, 0.1) is 0 Å². The van der Waals surface area contributed by atoms with Gasteiger partial charge >= 0.3 is 0 Å². The summed E-state index contributed by atoms with van der Waals surface area (Å²) in [5.41, 5.74) is 4.25. The first-order valence-corrected chi connectivity index (χ1v) is 9.90. The van der Waals surface area contributed by atoms with Crippen LogP contribution in [0.15, 0.2) is 42.5 Å². The number of hydrogen-bond acceptors (Lipinski definition) is 4. The second kappa shape index (κ2) is 8.12. The minimum Gasteiger partial charge on any atom is -0.374 e. The Balaban J connectivity index is 1.49.